The largest absolute Gasteiger partial charge is 0.435 e. The van der Waals surface area contributed by atoms with E-state index in [0.717, 1.165) is 15.4 Å². The van der Waals surface area contributed by atoms with Crippen molar-refractivity contribution in [3.05, 3.63) is 77.2 Å². The van der Waals surface area contributed by atoms with Crippen LogP contribution in [0.1, 0.15) is 5.56 Å². The Hall–Kier alpha value is -3.72. The second kappa shape index (κ2) is 8.75. The number of nitrogen functional groups attached to an aromatic ring is 1. The normalized spacial score (nSPS) is 10.6. The maximum absolute atomic E-state index is 12.1. The van der Waals surface area contributed by atoms with E-state index in [-0.39, 0.29) is 29.7 Å². The zero-order valence-electron chi connectivity index (χ0n) is 15.7. The first kappa shape index (κ1) is 19.6. The van der Waals surface area contributed by atoms with E-state index in [4.69, 9.17) is 10.5 Å². The number of hydrazine groups is 1. The number of benzene rings is 2. The van der Waals surface area contributed by atoms with Crippen LogP contribution in [0.15, 0.2) is 71.6 Å². The molecule has 0 radical (unpaired) electrons. The van der Waals surface area contributed by atoms with Crippen molar-refractivity contribution in [2.24, 2.45) is 0 Å². The lowest BCUT2D eigenvalue weighted by Gasteiger charge is -2.13. The predicted octanol–water partition coefficient (Wildman–Crippen LogP) is 3.85. The van der Waals surface area contributed by atoms with Crippen molar-refractivity contribution in [1.82, 2.24) is 20.4 Å². The lowest BCUT2D eigenvalue weighted by Crippen LogP contribution is -2.31. The number of hydrogen-bond acceptors (Lipinski definition) is 7. The Balaban J connectivity index is 1.50. The first-order valence-electron chi connectivity index (χ1n) is 9.02. The molecule has 0 aliphatic heterocycles. The minimum atomic E-state index is -0.232. The maximum atomic E-state index is 12.1. The monoisotopic (exact) mass is 464 g/mol. The van der Waals surface area contributed by atoms with Crippen LogP contribution in [-0.4, -0.2) is 20.9 Å². The summed E-state index contributed by atoms with van der Waals surface area (Å²) in [6.45, 7) is 0. The fourth-order valence-corrected chi connectivity index (χ4v) is 3.27. The Kier molecular flexibility index (Phi) is 5.71. The van der Waals surface area contributed by atoms with Gasteiger partial charge in [-0.05, 0) is 23.8 Å². The highest BCUT2D eigenvalue weighted by Crippen LogP contribution is 2.35. The van der Waals surface area contributed by atoms with Crippen molar-refractivity contribution in [1.29, 1.82) is 0 Å². The fraction of sp³-hybridized carbons (Fsp3) is 0.0476. The molecule has 0 atom stereocenters. The third kappa shape index (κ3) is 4.31. The number of rotatable bonds is 6. The molecule has 0 aliphatic rings. The van der Waals surface area contributed by atoms with E-state index in [1.54, 1.807) is 12.3 Å². The van der Waals surface area contributed by atoms with Gasteiger partial charge < -0.3 is 10.5 Å². The number of carbonyl (C=O) groups excluding carboxylic acids is 1. The fourth-order valence-electron chi connectivity index (χ4n) is 2.81. The second-order valence-corrected chi connectivity index (χ2v) is 7.18. The first-order valence-corrected chi connectivity index (χ1v) is 9.81. The van der Waals surface area contributed by atoms with Gasteiger partial charge in [-0.1, -0.05) is 52.3 Å². The number of pyridine rings is 1. The highest BCUT2D eigenvalue weighted by molar-refractivity contribution is 9.10. The Morgan fingerprint density at radius 1 is 1.03 bits per heavy atom. The number of ether oxygens (including phenoxy) is 1. The van der Waals surface area contributed by atoms with Gasteiger partial charge in [0.15, 0.2) is 11.6 Å². The van der Waals surface area contributed by atoms with Crippen molar-refractivity contribution in [2.45, 2.75) is 6.42 Å². The molecular weight excluding hydrogens is 448 g/mol. The molecule has 0 unspecified atom stereocenters. The molecule has 4 rings (SSSR count). The Bertz CT molecular complexity index is 1200. The van der Waals surface area contributed by atoms with Crippen LogP contribution in [0.2, 0.25) is 0 Å². The van der Waals surface area contributed by atoms with Crippen molar-refractivity contribution in [2.75, 3.05) is 11.2 Å². The van der Waals surface area contributed by atoms with Crippen LogP contribution in [0.4, 0.5) is 11.5 Å². The summed E-state index contributed by atoms with van der Waals surface area (Å²) in [5, 5.41) is 0.897. The summed E-state index contributed by atoms with van der Waals surface area (Å²) in [5.74, 6) is 0.651. The molecule has 150 valence electrons. The van der Waals surface area contributed by atoms with Gasteiger partial charge in [0.25, 0.3) is 0 Å². The standard InChI is InChI=1S/C21H17BrN6O2/c22-15-8-9-16(19-14(15)7-4-10-24-19)30-21-18(23)20(25-12-26-21)28-27-17(29)11-13-5-2-1-3-6-13/h1-10,12H,11,23H2,(H,27,29)(H,25,26,28). The minimum Gasteiger partial charge on any atom is -0.435 e. The molecule has 1 amide bonds. The molecular formula is C21H17BrN6O2. The van der Waals surface area contributed by atoms with Crippen molar-refractivity contribution >= 4 is 44.2 Å². The average Bonchev–Trinajstić information content (AvgIpc) is 2.77. The van der Waals surface area contributed by atoms with Gasteiger partial charge in [0.1, 0.15) is 17.5 Å². The van der Waals surface area contributed by atoms with Crippen LogP contribution in [-0.2, 0) is 11.2 Å². The topological polar surface area (TPSA) is 115 Å². The van der Waals surface area contributed by atoms with E-state index in [1.807, 2.05) is 48.5 Å². The van der Waals surface area contributed by atoms with Gasteiger partial charge in [-0.2, -0.15) is 4.98 Å². The highest BCUT2D eigenvalue weighted by Gasteiger charge is 2.14. The zero-order valence-corrected chi connectivity index (χ0v) is 17.3. The second-order valence-electron chi connectivity index (χ2n) is 6.32. The number of amides is 1. The third-order valence-corrected chi connectivity index (χ3v) is 4.95. The van der Waals surface area contributed by atoms with E-state index in [0.29, 0.717) is 11.3 Å². The summed E-state index contributed by atoms with van der Waals surface area (Å²) in [6, 6.07) is 16.8. The van der Waals surface area contributed by atoms with Gasteiger partial charge in [-0.3, -0.25) is 20.6 Å². The summed E-state index contributed by atoms with van der Waals surface area (Å²) >= 11 is 3.50. The van der Waals surface area contributed by atoms with Crippen molar-refractivity contribution in [3.63, 3.8) is 0 Å². The maximum Gasteiger partial charge on any atom is 0.248 e. The summed E-state index contributed by atoms with van der Waals surface area (Å²) in [4.78, 5) is 24.7. The average molecular weight is 465 g/mol. The number of hydrogen-bond donors (Lipinski definition) is 3. The van der Waals surface area contributed by atoms with E-state index < -0.39 is 0 Å². The number of aromatic nitrogens is 3. The Labute approximate surface area is 180 Å². The molecule has 0 saturated heterocycles. The molecule has 9 heteroatoms. The van der Waals surface area contributed by atoms with Gasteiger partial charge in [0.2, 0.25) is 11.8 Å². The summed E-state index contributed by atoms with van der Waals surface area (Å²) in [7, 11) is 0. The van der Waals surface area contributed by atoms with E-state index >= 15 is 0 Å². The summed E-state index contributed by atoms with van der Waals surface area (Å²) in [5.41, 5.74) is 13.2. The molecule has 0 aliphatic carbocycles. The number of anilines is 2. The number of nitrogens with one attached hydrogen (secondary N) is 2. The SMILES string of the molecule is Nc1c(NNC(=O)Cc2ccccc2)ncnc1Oc1ccc(Br)c2cccnc12. The van der Waals surface area contributed by atoms with Crippen LogP contribution in [0.25, 0.3) is 10.9 Å². The third-order valence-electron chi connectivity index (χ3n) is 4.26. The lowest BCUT2D eigenvalue weighted by atomic mass is 10.1. The quantitative estimate of drug-likeness (QED) is 0.371. The Morgan fingerprint density at radius 2 is 1.87 bits per heavy atom. The van der Waals surface area contributed by atoms with Gasteiger partial charge in [-0.25, -0.2) is 4.98 Å². The molecule has 0 saturated carbocycles. The molecule has 0 fully saturated rings. The number of fused-ring (bicyclic) bond motifs is 1. The van der Waals surface area contributed by atoms with E-state index in [1.165, 1.54) is 6.33 Å². The lowest BCUT2D eigenvalue weighted by molar-refractivity contribution is -0.119. The molecule has 8 nitrogen and oxygen atoms in total. The van der Waals surface area contributed by atoms with Crippen LogP contribution >= 0.6 is 15.9 Å². The summed E-state index contributed by atoms with van der Waals surface area (Å²) < 4.78 is 6.81. The van der Waals surface area contributed by atoms with E-state index in [9.17, 15) is 4.79 Å². The van der Waals surface area contributed by atoms with Crippen molar-refractivity contribution < 1.29 is 9.53 Å². The first-order chi connectivity index (χ1) is 14.6. The molecule has 0 spiro atoms. The van der Waals surface area contributed by atoms with Crippen LogP contribution in [0.3, 0.4) is 0 Å². The van der Waals surface area contributed by atoms with Gasteiger partial charge >= 0.3 is 0 Å². The van der Waals surface area contributed by atoms with Gasteiger partial charge in [0, 0.05) is 16.1 Å². The smallest absolute Gasteiger partial charge is 0.248 e. The number of nitrogens with two attached hydrogens (primary N) is 1. The Morgan fingerprint density at radius 3 is 2.70 bits per heavy atom. The predicted molar refractivity (Wildman–Crippen MR) is 118 cm³/mol. The zero-order chi connectivity index (χ0) is 20.9. The van der Waals surface area contributed by atoms with Crippen molar-refractivity contribution in [3.8, 4) is 11.6 Å². The molecule has 2 heterocycles. The van der Waals surface area contributed by atoms with Crippen LogP contribution < -0.4 is 21.3 Å². The van der Waals surface area contributed by atoms with Crippen LogP contribution in [0, 0.1) is 0 Å². The number of halogens is 1. The van der Waals surface area contributed by atoms with E-state index in [2.05, 4.69) is 41.7 Å². The molecule has 0 bridgehead atoms. The van der Waals surface area contributed by atoms with Gasteiger partial charge in [0.05, 0.1) is 6.42 Å². The van der Waals surface area contributed by atoms with Crippen LogP contribution in [0.5, 0.6) is 11.6 Å². The molecule has 4 aromatic rings. The minimum absolute atomic E-state index is 0.152. The summed E-state index contributed by atoms with van der Waals surface area (Å²) in [6.07, 6.45) is 3.20. The molecule has 30 heavy (non-hydrogen) atoms. The number of carbonyl (C=O) groups is 1. The molecule has 2 aromatic heterocycles. The van der Waals surface area contributed by atoms with Gasteiger partial charge in [-0.15, -0.1) is 0 Å². The highest BCUT2D eigenvalue weighted by atomic mass is 79.9. The molecule has 4 N–H and O–H groups in total. The molecule has 2 aromatic carbocycles. The number of nitrogens with zero attached hydrogens (tertiary/aromatic N) is 3.